The molecule has 0 spiro atoms. The SMILES string of the molecule is NNc1cccc(C(=O)NCc2cccnc2)c1[N+](=O)[O-]. The van der Waals surface area contributed by atoms with Crippen LogP contribution in [0.2, 0.25) is 0 Å². The number of nitro benzene ring substituents is 1. The predicted octanol–water partition coefficient (Wildman–Crippen LogP) is 1.21. The summed E-state index contributed by atoms with van der Waals surface area (Å²) in [7, 11) is 0. The fourth-order valence-electron chi connectivity index (χ4n) is 1.82. The fourth-order valence-corrected chi connectivity index (χ4v) is 1.82. The van der Waals surface area contributed by atoms with E-state index < -0.39 is 10.8 Å². The first-order valence-corrected chi connectivity index (χ1v) is 6.04. The molecule has 1 aromatic heterocycles. The molecule has 21 heavy (non-hydrogen) atoms. The summed E-state index contributed by atoms with van der Waals surface area (Å²) in [4.78, 5) is 26.5. The summed E-state index contributed by atoms with van der Waals surface area (Å²) in [5.74, 6) is 4.67. The molecule has 1 heterocycles. The standard InChI is InChI=1S/C13H13N5O3/c14-17-11-5-1-4-10(12(11)18(20)21)13(19)16-8-9-3-2-6-15-7-9/h1-7,17H,8,14H2,(H,16,19). The molecule has 0 saturated carbocycles. The van der Waals surface area contributed by atoms with E-state index in [1.54, 1.807) is 24.5 Å². The number of anilines is 1. The van der Waals surface area contributed by atoms with Crippen molar-refractivity contribution in [2.24, 2.45) is 5.84 Å². The molecule has 0 unspecified atom stereocenters. The van der Waals surface area contributed by atoms with Gasteiger partial charge in [-0.15, -0.1) is 0 Å². The van der Waals surface area contributed by atoms with Crippen LogP contribution in [0.3, 0.4) is 0 Å². The third kappa shape index (κ3) is 3.31. The number of para-hydroxylation sites is 1. The number of hydrogen-bond acceptors (Lipinski definition) is 6. The van der Waals surface area contributed by atoms with Gasteiger partial charge in [0.05, 0.1) is 4.92 Å². The summed E-state index contributed by atoms with van der Waals surface area (Å²) in [6, 6.07) is 7.84. The van der Waals surface area contributed by atoms with Crippen molar-refractivity contribution < 1.29 is 9.72 Å². The van der Waals surface area contributed by atoms with E-state index in [9.17, 15) is 14.9 Å². The second-order valence-corrected chi connectivity index (χ2v) is 4.15. The van der Waals surface area contributed by atoms with E-state index in [0.29, 0.717) is 0 Å². The fraction of sp³-hybridized carbons (Fsp3) is 0.0769. The highest BCUT2D eigenvalue weighted by molar-refractivity contribution is 6.00. The molecule has 1 aromatic carbocycles. The van der Waals surface area contributed by atoms with E-state index >= 15 is 0 Å². The number of nitrogens with zero attached hydrogens (tertiary/aromatic N) is 2. The number of pyridine rings is 1. The molecule has 1 amide bonds. The average molecular weight is 287 g/mol. The van der Waals surface area contributed by atoms with Crippen LogP contribution in [-0.2, 0) is 6.54 Å². The maximum Gasteiger partial charge on any atom is 0.306 e. The average Bonchev–Trinajstić information content (AvgIpc) is 2.52. The Morgan fingerprint density at radius 3 is 2.76 bits per heavy atom. The lowest BCUT2D eigenvalue weighted by Crippen LogP contribution is -2.24. The molecule has 0 radical (unpaired) electrons. The predicted molar refractivity (Wildman–Crippen MR) is 76.3 cm³/mol. The van der Waals surface area contributed by atoms with E-state index in [1.165, 1.54) is 18.2 Å². The Labute approximate surface area is 120 Å². The Morgan fingerprint density at radius 2 is 2.14 bits per heavy atom. The summed E-state index contributed by atoms with van der Waals surface area (Å²) in [5.41, 5.74) is 2.67. The second-order valence-electron chi connectivity index (χ2n) is 4.15. The first kappa shape index (κ1) is 14.4. The molecule has 0 fully saturated rings. The first-order chi connectivity index (χ1) is 10.1. The minimum Gasteiger partial charge on any atom is -0.348 e. The maximum atomic E-state index is 12.1. The summed E-state index contributed by atoms with van der Waals surface area (Å²) in [6.45, 7) is 0.226. The number of aromatic nitrogens is 1. The van der Waals surface area contributed by atoms with E-state index in [-0.39, 0.29) is 23.5 Å². The van der Waals surface area contributed by atoms with Crippen LogP contribution in [0.25, 0.3) is 0 Å². The molecule has 108 valence electrons. The Hall–Kier alpha value is -3.00. The molecule has 2 aromatic rings. The number of carbonyl (C=O) groups is 1. The van der Waals surface area contributed by atoms with Gasteiger partial charge >= 0.3 is 5.69 Å². The van der Waals surface area contributed by atoms with Crippen molar-refractivity contribution in [3.8, 4) is 0 Å². The third-order valence-electron chi connectivity index (χ3n) is 2.79. The minimum atomic E-state index is -0.645. The monoisotopic (exact) mass is 287 g/mol. The zero-order chi connectivity index (χ0) is 15.2. The Morgan fingerprint density at radius 1 is 1.33 bits per heavy atom. The summed E-state index contributed by atoms with van der Waals surface area (Å²) < 4.78 is 0. The van der Waals surface area contributed by atoms with Gasteiger partial charge in [0.1, 0.15) is 11.3 Å². The van der Waals surface area contributed by atoms with Crippen LogP contribution in [-0.4, -0.2) is 15.8 Å². The van der Waals surface area contributed by atoms with Gasteiger partial charge in [0.25, 0.3) is 5.91 Å². The van der Waals surface area contributed by atoms with Crippen molar-refractivity contribution in [1.82, 2.24) is 10.3 Å². The van der Waals surface area contributed by atoms with Crippen LogP contribution in [0.5, 0.6) is 0 Å². The van der Waals surface area contributed by atoms with E-state index in [2.05, 4.69) is 15.7 Å². The molecule has 0 bridgehead atoms. The lowest BCUT2D eigenvalue weighted by molar-refractivity contribution is -0.384. The smallest absolute Gasteiger partial charge is 0.306 e. The lowest BCUT2D eigenvalue weighted by Gasteiger charge is -2.08. The number of hydrogen-bond donors (Lipinski definition) is 3. The number of amides is 1. The molecule has 0 atom stereocenters. The van der Waals surface area contributed by atoms with Crippen molar-refractivity contribution >= 4 is 17.3 Å². The van der Waals surface area contributed by atoms with E-state index in [1.807, 2.05) is 0 Å². The number of rotatable bonds is 5. The largest absolute Gasteiger partial charge is 0.348 e. The first-order valence-electron chi connectivity index (χ1n) is 6.04. The van der Waals surface area contributed by atoms with Crippen LogP contribution in [0, 0.1) is 10.1 Å². The van der Waals surface area contributed by atoms with Crippen molar-refractivity contribution in [2.45, 2.75) is 6.54 Å². The Kier molecular flexibility index (Phi) is 4.42. The summed E-state index contributed by atoms with van der Waals surface area (Å²) in [6.07, 6.45) is 3.22. The molecular weight excluding hydrogens is 274 g/mol. The number of nitrogens with one attached hydrogen (secondary N) is 2. The molecule has 0 aliphatic carbocycles. The number of nitro groups is 1. The van der Waals surface area contributed by atoms with Crippen molar-refractivity contribution in [2.75, 3.05) is 5.43 Å². The molecule has 8 heteroatoms. The number of benzene rings is 1. The van der Waals surface area contributed by atoms with Crippen LogP contribution in [0.1, 0.15) is 15.9 Å². The molecule has 2 rings (SSSR count). The normalized spacial score (nSPS) is 9.95. The number of nitrogen functional groups attached to an aromatic ring is 1. The van der Waals surface area contributed by atoms with Crippen molar-refractivity contribution in [3.05, 3.63) is 64.0 Å². The Bertz CT molecular complexity index is 660. The zero-order valence-electron chi connectivity index (χ0n) is 10.9. The molecule has 4 N–H and O–H groups in total. The third-order valence-corrected chi connectivity index (χ3v) is 2.79. The van der Waals surface area contributed by atoms with Gasteiger partial charge in [0, 0.05) is 18.9 Å². The molecule has 0 aliphatic heterocycles. The van der Waals surface area contributed by atoms with Gasteiger partial charge in [0.2, 0.25) is 0 Å². The van der Waals surface area contributed by atoms with Crippen LogP contribution in [0.15, 0.2) is 42.7 Å². The number of hydrazine groups is 1. The highest BCUT2D eigenvalue weighted by atomic mass is 16.6. The molecule has 0 aliphatic rings. The molecule has 0 saturated heterocycles. The Balaban J connectivity index is 2.21. The van der Waals surface area contributed by atoms with Gasteiger partial charge in [-0.3, -0.25) is 25.7 Å². The topological polar surface area (TPSA) is 123 Å². The van der Waals surface area contributed by atoms with Crippen molar-refractivity contribution in [1.29, 1.82) is 0 Å². The second kappa shape index (κ2) is 6.44. The van der Waals surface area contributed by atoms with E-state index in [4.69, 9.17) is 5.84 Å². The van der Waals surface area contributed by atoms with Gasteiger partial charge in [-0.2, -0.15) is 0 Å². The minimum absolute atomic E-state index is 0.0562. The highest BCUT2D eigenvalue weighted by Gasteiger charge is 2.23. The van der Waals surface area contributed by atoms with Gasteiger partial charge in [0.15, 0.2) is 0 Å². The van der Waals surface area contributed by atoms with Crippen LogP contribution in [0.4, 0.5) is 11.4 Å². The van der Waals surface area contributed by atoms with Gasteiger partial charge in [-0.25, -0.2) is 0 Å². The molecular formula is C13H13N5O3. The van der Waals surface area contributed by atoms with Crippen molar-refractivity contribution in [3.63, 3.8) is 0 Å². The maximum absolute atomic E-state index is 12.1. The summed E-state index contributed by atoms with van der Waals surface area (Å²) in [5, 5.41) is 13.7. The lowest BCUT2D eigenvalue weighted by atomic mass is 10.1. The summed E-state index contributed by atoms with van der Waals surface area (Å²) >= 11 is 0. The zero-order valence-corrected chi connectivity index (χ0v) is 10.9. The van der Waals surface area contributed by atoms with Gasteiger partial charge in [-0.05, 0) is 23.8 Å². The molecule has 8 nitrogen and oxygen atoms in total. The highest BCUT2D eigenvalue weighted by Crippen LogP contribution is 2.27. The number of carbonyl (C=O) groups excluding carboxylic acids is 1. The number of nitrogens with two attached hydrogens (primary N) is 1. The van der Waals surface area contributed by atoms with Gasteiger partial charge in [-0.1, -0.05) is 12.1 Å². The van der Waals surface area contributed by atoms with Gasteiger partial charge < -0.3 is 10.7 Å². The van der Waals surface area contributed by atoms with Crippen LogP contribution >= 0.6 is 0 Å². The van der Waals surface area contributed by atoms with Crippen LogP contribution < -0.4 is 16.6 Å². The quantitative estimate of drug-likeness (QED) is 0.431. The van der Waals surface area contributed by atoms with E-state index in [0.717, 1.165) is 5.56 Å².